The number of halogens is 1. The van der Waals surface area contributed by atoms with Crippen LogP contribution < -0.4 is 4.74 Å². The Morgan fingerprint density at radius 2 is 1.93 bits per heavy atom. The highest BCUT2D eigenvalue weighted by Gasteiger charge is 2.15. The zero-order chi connectivity index (χ0) is 19.5. The van der Waals surface area contributed by atoms with Crippen LogP contribution in [0.4, 0.5) is 4.39 Å². The van der Waals surface area contributed by atoms with Crippen LogP contribution in [0.25, 0.3) is 21.3 Å². The number of hydrogen-bond donors (Lipinski definition) is 0. The van der Waals surface area contributed by atoms with Crippen LogP contribution in [0.2, 0.25) is 0 Å². The average Bonchev–Trinajstić information content (AvgIpc) is 3.11. The van der Waals surface area contributed by atoms with Crippen LogP contribution in [0, 0.1) is 12.7 Å². The van der Waals surface area contributed by atoms with E-state index in [1.165, 1.54) is 6.07 Å². The fourth-order valence-corrected chi connectivity index (χ4v) is 5.09. The normalized spacial score (nSPS) is 11.1. The highest BCUT2D eigenvalue weighted by molar-refractivity contribution is 7.98. The summed E-state index contributed by atoms with van der Waals surface area (Å²) in [6.45, 7) is 4.53. The van der Waals surface area contributed by atoms with Gasteiger partial charge in [-0.05, 0) is 49.2 Å². The molecule has 0 radical (unpaired) electrons. The van der Waals surface area contributed by atoms with Crippen molar-refractivity contribution in [3.8, 4) is 16.9 Å². The minimum absolute atomic E-state index is 0.215. The molecule has 0 saturated heterocycles. The Balaban J connectivity index is 1.70. The van der Waals surface area contributed by atoms with Gasteiger partial charge in [0.05, 0.1) is 12.0 Å². The lowest BCUT2D eigenvalue weighted by Gasteiger charge is -2.08. The number of thioether (sulfide) groups is 1. The van der Waals surface area contributed by atoms with E-state index in [9.17, 15) is 4.39 Å². The Labute approximate surface area is 171 Å². The minimum atomic E-state index is -0.215. The molecular weight excluding hydrogens is 391 g/mol. The maximum atomic E-state index is 13.5. The summed E-state index contributed by atoms with van der Waals surface area (Å²) in [6.07, 6.45) is 0. The first-order chi connectivity index (χ1) is 13.6. The summed E-state index contributed by atoms with van der Waals surface area (Å²) < 4.78 is 19.0. The highest BCUT2D eigenvalue weighted by Crippen LogP contribution is 2.39. The van der Waals surface area contributed by atoms with Gasteiger partial charge in [-0.1, -0.05) is 24.3 Å². The molecule has 0 aliphatic carbocycles. The lowest BCUT2D eigenvalue weighted by molar-refractivity contribution is 0.340. The van der Waals surface area contributed by atoms with Gasteiger partial charge in [0, 0.05) is 16.7 Å². The Morgan fingerprint density at radius 3 is 2.68 bits per heavy atom. The molecule has 0 amide bonds. The van der Waals surface area contributed by atoms with Crippen molar-refractivity contribution in [1.29, 1.82) is 0 Å². The SMILES string of the molecule is CCOc1ccc(-c2csc3nc(C)nc(SCc4cccc(F)c4)c23)cc1. The molecule has 0 unspecified atom stereocenters. The largest absolute Gasteiger partial charge is 0.494 e. The highest BCUT2D eigenvalue weighted by atomic mass is 32.2. The molecule has 2 heterocycles. The lowest BCUT2D eigenvalue weighted by Crippen LogP contribution is -1.93. The smallest absolute Gasteiger partial charge is 0.128 e. The number of aryl methyl sites for hydroxylation is 1. The van der Waals surface area contributed by atoms with Gasteiger partial charge in [0.15, 0.2) is 0 Å². The number of hydrogen-bond acceptors (Lipinski definition) is 5. The number of thiophene rings is 1. The van der Waals surface area contributed by atoms with E-state index in [0.29, 0.717) is 12.4 Å². The predicted molar refractivity (Wildman–Crippen MR) is 115 cm³/mol. The number of nitrogens with zero attached hydrogens (tertiary/aromatic N) is 2. The molecular formula is C22H19FN2OS2. The first-order valence-corrected chi connectivity index (χ1v) is 10.9. The van der Waals surface area contributed by atoms with Crippen molar-refractivity contribution in [3.05, 3.63) is 71.1 Å². The zero-order valence-corrected chi connectivity index (χ0v) is 17.2. The summed E-state index contributed by atoms with van der Waals surface area (Å²) in [6, 6.07) is 14.8. The maximum absolute atomic E-state index is 13.5. The summed E-state index contributed by atoms with van der Waals surface area (Å²) in [5, 5.41) is 4.11. The molecule has 0 saturated carbocycles. The van der Waals surface area contributed by atoms with Gasteiger partial charge in [0.2, 0.25) is 0 Å². The second kappa shape index (κ2) is 8.29. The molecule has 0 atom stereocenters. The average molecular weight is 411 g/mol. The molecule has 2 aromatic carbocycles. The van der Waals surface area contributed by atoms with Crippen molar-refractivity contribution in [3.63, 3.8) is 0 Å². The first kappa shape index (κ1) is 18.9. The third-order valence-corrected chi connectivity index (χ3v) is 6.17. The van der Waals surface area contributed by atoms with Crippen molar-refractivity contribution in [2.24, 2.45) is 0 Å². The van der Waals surface area contributed by atoms with Crippen molar-refractivity contribution in [2.45, 2.75) is 24.6 Å². The Hall–Kier alpha value is -2.44. The number of fused-ring (bicyclic) bond motifs is 1. The molecule has 0 spiro atoms. The molecule has 0 aliphatic heterocycles. The summed E-state index contributed by atoms with van der Waals surface area (Å²) in [7, 11) is 0. The predicted octanol–water partition coefficient (Wildman–Crippen LogP) is 6.50. The Bertz CT molecular complexity index is 1110. The standard InChI is InChI=1S/C22H19FN2OS2/c1-3-26-18-9-7-16(8-10-18)19-13-28-22-20(19)21(24-14(2)25-22)27-12-15-5-4-6-17(23)11-15/h4-11,13H,3,12H2,1-2H3. The molecule has 142 valence electrons. The van der Waals surface area contributed by atoms with Crippen molar-refractivity contribution < 1.29 is 9.13 Å². The van der Waals surface area contributed by atoms with Gasteiger partial charge in [-0.2, -0.15) is 0 Å². The third-order valence-electron chi connectivity index (χ3n) is 4.25. The fraction of sp³-hybridized carbons (Fsp3) is 0.182. The van der Waals surface area contributed by atoms with E-state index >= 15 is 0 Å². The van der Waals surface area contributed by atoms with Gasteiger partial charge in [0.25, 0.3) is 0 Å². The van der Waals surface area contributed by atoms with E-state index in [2.05, 4.69) is 27.5 Å². The fourth-order valence-electron chi connectivity index (χ4n) is 3.00. The van der Waals surface area contributed by atoms with Gasteiger partial charge < -0.3 is 4.74 Å². The third kappa shape index (κ3) is 4.03. The van der Waals surface area contributed by atoms with Crippen LogP contribution in [-0.4, -0.2) is 16.6 Å². The van der Waals surface area contributed by atoms with Gasteiger partial charge in [0.1, 0.15) is 27.2 Å². The van der Waals surface area contributed by atoms with Crippen molar-refractivity contribution in [2.75, 3.05) is 6.61 Å². The Kier molecular flexibility index (Phi) is 5.59. The van der Waals surface area contributed by atoms with Gasteiger partial charge in [-0.25, -0.2) is 14.4 Å². The molecule has 4 rings (SSSR count). The molecule has 0 aliphatic rings. The minimum Gasteiger partial charge on any atom is -0.494 e. The molecule has 0 bridgehead atoms. The van der Waals surface area contributed by atoms with Crippen molar-refractivity contribution >= 4 is 33.3 Å². The van der Waals surface area contributed by atoms with E-state index in [1.54, 1.807) is 35.2 Å². The Morgan fingerprint density at radius 1 is 1.11 bits per heavy atom. The van der Waals surface area contributed by atoms with Crippen molar-refractivity contribution in [1.82, 2.24) is 9.97 Å². The van der Waals surface area contributed by atoms with Crippen LogP contribution in [0.3, 0.4) is 0 Å². The van der Waals surface area contributed by atoms with E-state index in [1.807, 2.05) is 32.0 Å². The van der Waals surface area contributed by atoms with Crippen LogP contribution >= 0.6 is 23.1 Å². The van der Waals surface area contributed by atoms with Gasteiger partial charge >= 0.3 is 0 Å². The molecule has 0 N–H and O–H groups in total. The summed E-state index contributed by atoms with van der Waals surface area (Å²) >= 11 is 3.23. The maximum Gasteiger partial charge on any atom is 0.128 e. The second-order valence-electron chi connectivity index (χ2n) is 6.28. The van der Waals surface area contributed by atoms with E-state index in [-0.39, 0.29) is 5.82 Å². The van der Waals surface area contributed by atoms with E-state index in [0.717, 1.165) is 43.5 Å². The summed E-state index contributed by atoms with van der Waals surface area (Å²) in [4.78, 5) is 10.3. The number of rotatable bonds is 6. The molecule has 0 fully saturated rings. The van der Waals surface area contributed by atoms with E-state index < -0.39 is 0 Å². The molecule has 4 aromatic rings. The van der Waals surface area contributed by atoms with Crippen LogP contribution in [0.5, 0.6) is 5.75 Å². The monoisotopic (exact) mass is 410 g/mol. The number of benzene rings is 2. The molecule has 2 aromatic heterocycles. The topological polar surface area (TPSA) is 35.0 Å². The summed E-state index contributed by atoms with van der Waals surface area (Å²) in [5.41, 5.74) is 3.16. The lowest BCUT2D eigenvalue weighted by atomic mass is 10.1. The van der Waals surface area contributed by atoms with Crippen LogP contribution in [0.1, 0.15) is 18.3 Å². The number of aromatic nitrogens is 2. The summed E-state index contributed by atoms with van der Waals surface area (Å²) in [5.74, 6) is 2.04. The van der Waals surface area contributed by atoms with E-state index in [4.69, 9.17) is 4.74 Å². The second-order valence-corrected chi connectivity index (χ2v) is 8.10. The number of ether oxygens (including phenoxy) is 1. The van der Waals surface area contributed by atoms with Crippen LogP contribution in [-0.2, 0) is 5.75 Å². The zero-order valence-electron chi connectivity index (χ0n) is 15.6. The molecule has 28 heavy (non-hydrogen) atoms. The van der Waals surface area contributed by atoms with Crippen LogP contribution in [0.15, 0.2) is 58.9 Å². The van der Waals surface area contributed by atoms with Gasteiger partial charge in [-0.3, -0.25) is 0 Å². The van der Waals surface area contributed by atoms with Gasteiger partial charge in [-0.15, -0.1) is 23.1 Å². The first-order valence-electron chi connectivity index (χ1n) is 9.00. The quantitative estimate of drug-likeness (QED) is 0.269. The molecule has 6 heteroatoms. The molecule has 3 nitrogen and oxygen atoms in total.